The van der Waals surface area contributed by atoms with Gasteiger partial charge in [-0.15, -0.1) is 0 Å². The van der Waals surface area contributed by atoms with Crippen molar-refractivity contribution in [2.75, 3.05) is 4.90 Å². The second-order valence-corrected chi connectivity index (χ2v) is 27.1. The summed E-state index contributed by atoms with van der Waals surface area (Å²) in [5.41, 5.74) is 24.7. The van der Waals surface area contributed by atoms with Gasteiger partial charge in [0.2, 0.25) is 6.71 Å². The minimum atomic E-state index is -0.307. The lowest BCUT2D eigenvalue weighted by atomic mass is 9.30. The lowest BCUT2D eigenvalue weighted by Crippen LogP contribution is -2.56. The molecule has 0 N–H and O–H groups in total. The Bertz CT molecular complexity index is 4980. The van der Waals surface area contributed by atoms with E-state index in [4.69, 9.17) is 0 Å². The van der Waals surface area contributed by atoms with E-state index in [1.54, 1.807) is 0 Å². The summed E-state index contributed by atoms with van der Waals surface area (Å²) in [7, 11) is 0. The molecular formula is C77H64BN3. The van der Waals surface area contributed by atoms with Gasteiger partial charge in [0.15, 0.2) is 0 Å². The number of nitrogens with zero attached hydrogens (tertiary/aromatic N) is 3. The SMILES string of the molecule is CC(C)(C)c1ccc2c(c1)C1=C(B3c4c(cc(-c5ccc6c7ccccc7c7ccccc7c6c5)cc4-n4c5c3cccc5c3ccc5c6ccccc6n(-c6ccccc6)c5c34)N1c1ccc3c(c1)C(C)(C)CCC3(C)C)C2(C)C. The highest BCUT2D eigenvalue weighted by Gasteiger charge is 2.53. The standard InChI is InChI=1S/C77H64BN3/c1-74(2,3)47-31-36-61-60(43-47)72-73(77(61,8)9)78-64-28-19-27-56-58-35-34-57-55-26-17-18-29-65(55)79(48-20-11-10-12-21-48)70(57)71(58)81(69(56)64)67-42-46(45-30-33-54-52-24-14-13-22-50(52)51-23-15-16-25-53(51)59(54)40-45)41-66(68(67)78)80(72)49-32-37-62-63(44-49)76(6,7)39-38-75(62,4)5/h10-37,40-44H,38-39H2,1-9H3. The molecule has 0 atom stereocenters. The molecule has 2 aromatic heterocycles. The van der Waals surface area contributed by atoms with E-state index in [1.165, 1.54) is 160 Å². The van der Waals surface area contributed by atoms with Crippen LogP contribution in [0, 0.1) is 0 Å². The van der Waals surface area contributed by atoms with Crippen LogP contribution in [0.4, 0.5) is 11.4 Å². The summed E-state index contributed by atoms with van der Waals surface area (Å²) in [6.07, 6.45) is 2.32. The quantitative estimate of drug-likeness (QED) is 0.127. The van der Waals surface area contributed by atoms with Gasteiger partial charge in [-0.1, -0.05) is 213 Å². The van der Waals surface area contributed by atoms with E-state index in [1.807, 2.05) is 0 Å². The molecule has 0 fully saturated rings. The Balaban J connectivity index is 1.07. The first kappa shape index (κ1) is 47.2. The van der Waals surface area contributed by atoms with E-state index in [0.717, 1.165) is 12.1 Å². The predicted molar refractivity (Wildman–Crippen MR) is 347 cm³/mol. The summed E-state index contributed by atoms with van der Waals surface area (Å²) in [4.78, 5) is 2.77. The van der Waals surface area contributed by atoms with Crippen molar-refractivity contribution < 1.29 is 0 Å². The number of anilines is 2. The van der Waals surface area contributed by atoms with Gasteiger partial charge < -0.3 is 14.0 Å². The number of para-hydroxylation sites is 3. The van der Waals surface area contributed by atoms with E-state index in [-0.39, 0.29) is 28.4 Å². The molecular weight excluding hydrogens is 978 g/mol. The Hall–Kier alpha value is -8.60. The van der Waals surface area contributed by atoms with E-state index in [9.17, 15) is 0 Å². The fourth-order valence-corrected chi connectivity index (χ4v) is 16.1. The van der Waals surface area contributed by atoms with Crippen LogP contribution in [-0.2, 0) is 21.7 Å². The highest BCUT2D eigenvalue weighted by molar-refractivity contribution is 6.96. The van der Waals surface area contributed by atoms with Gasteiger partial charge in [-0.2, -0.15) is 0 Å². The Morgan fingerprint density at radius 2 is 0.975 bits per heavy atom. The molecule has 2 aliphatic heterocycles. The Labute approximate surface area is 474 Å². The van der Waals surface area contributed by atoms with Crippen molar-refractivity contribution in [1.29, 1.82) is 0 Å². The maximum absolute atomic E-state index is 2.77. The molecule has 0 saturated heterocycles. The summed E-state index contributed by atoms with van der Waals surface area (Å²) in [5, 5.41) is 12.8. The van der Waals surface area contributed by atoms with Gasteiger partial charge in [0, 0.05) is 66.5 Å². The van der Waals surface area contributed by atoms with Crippen LogP contribution < -0.4 is 15.8 Å². The van der Waals surface area contributed by atoms with Crippen molar-refractivity contribution >= 4 is 111 Å². The first-order valence-corrected chi connectivity index (χ1v) is 29.5. The highest BCUT2D eigenvalue weighted by Crippen LogP contribution is 2.58. The van der Waals surface area contributed by atoms with Crippen molar-refractivity contribution in [3.63, 3.8) is 0 Å². The van der Waals surface area contributed by atoms with E-state index < -0.39 is 0 Å². The Morgan fingerprint density at radius 3 is 1.69 bits per heavy atom. The topological polar surface area (TPSA) is 13.1 Å². The minimum absolute atomic E-state index is 0.0131. The fourth-order valence-electron chi connectivity index (χ4n) is 16.1. The molecule has 17 rings (SSSR count). The van der Waals surface area contributed by atoms with Crippen molar-refractivity contribution in [1.82, 2.24) is 9.13 Å². The fraction of sp³-hybridized carbons (Fsp3) is 0.195. The maximum Gasteiger partial charge on any atom is 0.248 e. The average molecular weight is 1040 g/mol. The van der Waals surface area contributed by atoms with Crippen molar-refractivity contribution in [2.24, 2.45) is 0 Å². The van der Waals surface area contributed by atoms with Crippen LogP contribution in [0.3, 0.4) is 0 Å². The van der Waals surface area contributed by atoms with Crippen LogP contribution in [-0.4, -0.2) is 15.8 Å². The van der Waals surface area contributed by atoms with E-state index in [0.29, 0.717) is 0 Å². The summed E-state index contributed by atoms with van der Waals surface area (Å²) in [6.45, 7) is 22.0. The molecule has 4 heteroatoms. The number of hydrogen-bond donors (Lipinski definition) is 0. The van der Waals surface area contributed by atoms with Gasteiger partial charge in [0.25, 0.3) is 0 Å². The lowest BCUT2D eigenvalue weighted by molar-refractivity contribution is 0.332. The average Bonchev–Trinajstić information content (AvgIpc) is 3.98. The molecule has 11 aromatic carbocycles. The summed E-state index contributed by atoms with van der Waals surface area (Å²) < 4.78 is 5.28. The number of allylic oxidation sites excluding steroid dienone is 1. The third-order valence-electron chi connectivity index (χ3n) is 20.3. The van der Waals surface area contributed by atoms with Crippen LogP contribution in [0.15, 0.2) is 206 Å². The zero-order chi connectivity index (χ0) is 54.8. The predicted octanol–water partition coefficient (Wildman–Crippen LogP) is 19.0. The van der Waals surface area contributed by atoms with E-state index in [2.05, 4.69) is 277 Å². The number of rotatable bonds is 3. The number of fused-ring (bicyclic) bond motifs is 19. The van der Waals surface area contributed by atoms with Crippen LogP contribution in [0.2, 0.25) is 0 Å². The molecule has 0 amide bonds. The minimum Gasteiger partial charge on any atom is -0.311 e. The van der Waals surface area contributed by atoms with Crippen LogP contribution in [0.25, 0.3) is 104 Å². The summed E-state index contributed by atoms with van der Waals surface area (Å²) in [5.74, 6) is 0. The molecule has 0 bridgehead atoms. The molecule has 0 saturated carbocycles. The zero-order valence-electron chi connectivity index (χ0n) is 47.9. The molecule has 3 nitrogen and oxygen atoms in total. The second-order valence-electron chi connectivity index (χ2n) is 27.1. The van der Waals surface area contributed by atoms with E-state index >= 15 is 0 Å². The molecule has 0 unspecified atom stereocenters. The van der Waals surface area contributed by atoms with Gasteiger partial charge in [-0.25, -0.2) is 0 Å². The first-order chi connectivity index (χ1) is 39.1. The normalized spacial score (nSPS) is 16.6. The molecule has 4 heterocycles. The Morgan fingerprint density at radius 1 is 0.407 bits per heavy atom. The molecule has 13 aromatic rings. The zero-order valence-corrected chi connectivity index (χ0v) is 47.9. The highest BCUT2D eigenvalue weighted by atomic mass is 15.2. The first-order valence-electron chi connectivity index (χ1n) is 29.5. The molecule has 4 aliphatic rings. The number of benzene rings is 11. The molecule has 390 valence electrons. The van der Waals surface area contributed by atoms with Crippen LogP contribution in [0.1, 0.15) is 103 Å². The largest absolute Gasteiger partial charge is 0.311 e. The van der Waals surface area contributed by atoms with Crippen molar-refractivity contribution in [3.8, 4) is 22.5 Å². The monoisotopic (exact) mass is 1040 g/mol. The molecule has 81 heavy (non-hydrogen) atoms. The Kier molecular flexibility index (Phi) is 9.25. The molecule has 0 spiro atoms. The number of hydrogen-bond acceptors (Lipinski definition) is 1. The summed E-state index contributed by atoms with van der Waals surface area (Å²) in [6, 6.07) is 77.7. The third-order valence-corrected chi connectivity index (χ3v) is 20.3. The van der Waals surface area contributed by atoms with Gasteiger partial charge in [0.1, 0.15) is 0 Å². The molecule has 0 radical (unpaired) electrons. The van der Waals surface area contributed by atoms with Crippen molar-refractivity contribution in [2.45, 2.75) is 96.8 Å². The van der Waals surface area contributed by atoms with Crippen LogP contribution in [0.5, 0.6) is 0 Å². The number of aromatic nitrogens is 2. The smallest absolute Gasteiger partial charge is 0.248 e. The second kappa shape index (κ2) is 15.9. The van der Waals surface area contributed by atoms with Gasteiger partial charge in [0.05, 0.1) is 16.6 Å². The van der Waals surface area contributed by atoms with Crippen molar-refractivity contribution in [3.05, 3.63) is 233 Å². The maximum atomic E-state index is 2.77. The molecule has 2 aliphatic carbocycles. The summed E-state index contributed by atoms with van der Waals surface area (Å²) >= 11 is 0. The van der Waals surface area contributed by atoms with Gasteiger partial charge in [-0.05, 0) is 160 Å². The lowest BCUT2D eigenvalue weighted by Gasteiger charge is -2.45. The van der Waals surface area contributed by atoms with Crippen LogP contribution >= 0.6 is 0 Å². The van der Waals surface area contributed by atoms with Gasteiger partial charge >= 0.3 is 0 Å². The third kappa shape index (κ3) is 6.21. The van der Waals surface area contributed by atoms with Gasteiger partial charge in [-0.3, -0.25) is 0 Å².